The van der Waals surface area contributed by atoms with Crippen molar-refractivity contribution in [3.05, 3.63) is 60.2 Å². The average molecular weight is 356 g/mol. The van der Waals surface area contributed by atoms with Gasteiger partial charge < -0.3 is 5.11 Å². The Kier molecular flexibility index (Phi) is 6.77. The molecule has 0 aliphatic carbocycles. The standard InChI is InChI=1S/C19H20N2O3S/c1-14(13-25)19(24)21(12-18(22)23)20-11-15-7-9-17(10-8-15)16-5-3-2-4-6-16/h2-11,14,25H,12-13H2,1H3,(H,22,23)/b20-11-/t14-/m1/s1. The van der Waals surface area contributed by atoms with Gasteiger partial charge in [-0.3, -0.25) is 9.59 Å². The molecule has 1 atom stereocenters. The molecule has 2 aromatic rings. The number of rotatable bonds is 7. The van der Waals surface area contributed by atoms with Crippen molar-refractivity contribution in [3.63, 3.8) is 0 Å². The normalized spacial score (nSPS) is 12.1. The van der Waals surface area contributed by atoms with Crippen LogP contribution in [0.25, 0.3) is 11.1 Å². The van der Waals surface area contributed by atoms with Crippen molar-refractivity contribution in [2.45, 2.75) is 6.92 Å². The van der Waals surface area contributed by atoms with E-state index >= 15 is 0 Å². The summed E-state index contributed by atoms with van der Waals surface area (Å²) in [6, 6.07) is 17.6. The van der Waals surface area contributed by atoms with Crippen molar-refractivity contribution in [3.8, 4) is 11.1 Å². The highest BCUT2D eigenvalue weighted by Gasteiger charge is 2.21. The summed E-state index contributed by atoms with van der Waals surface area (Å²) >= 11 is 4.08. The van der Waals surface area contributed by atoms with E-state index in [0.717, 1.165) is 21.7 Å². The second-order valence-electron chi connectivity index (χ2n) is 5.61. The van der Waals surface area contributed by atoms with Gasteiger partial charge in [0.05, 0.1) is 6.21 Å². The predicted octanol–water partition coefficient (Wildman–Crippen LogP) is 3.17. The Labute approximate surface area is 152 Å². The number of carbonyl (C=O) groups is 2. The molecule has 6 heteroatoms. The number of nitrogens with zero attached hydrogens (tertiary/aromatic N) is 2. The molecular weight excluding hydrogens is 336 g/mol. The first kappa shape index (κ1) is 18.7. The number of hydrogen-bond acceptors (Lipinski definition) is 4. The second-order valence-corrected chi connectivity index (χ2v) is 5.97. The van der Waals surface area contributed by atoms with Gasteiger partial charge in [0.15, 0.2) is 0 Å². The Morgan fingerprint density at radius 1 is 1.12 bits per heavy atom. The van der Waals surface area contributed by atoms with E-state index < -0.39 is 18.4 Å². The molecule has 0 bridgehead atoms. The molecule has 2 rings (SSSR count). The lowest BCUT2D eigenvalue weighted by Gasteiger charge is -2.18. The summed E-state index contributed by atoms with van der Waals surface area (Å²) in [6.07, 6.45) is 1.49. The van der Waals surface area contributed by atoms with Crippen LogP contribution in [0.2, 0.25) is 0 Å². The molecule has 1 N–H and O–H groups in total. The molecule has 0 heterocycles. The third-order valence-electron chi connectivity index (χ3n) is 3.60. The Bertz CT molecular complexity index is 745. The van der Waals surface area contributed by atoms with Crippen LogP contribution in [0, 0.1) is 5.92 Å². The summed E-state index contributed by atoms with van der Waals surface area (Å²) in [6.45, 7) is 1.21. The predicted molar refractivity (Wildman–Crippen MR) is 102 cm³/mol. The molecule has 0 spiro atoms. The smallest absolute Gasteiger partial charge is 0.325 e. The monoisotopic (exact) mass is 356 g/mol. The average Bonchev–Trinajstić information content (AvgIpc) is 2.64. The van der Waals surface area contributed by atoms with Gasteiger partial charge in [-0.25, -0.2) is 5.01 Å². The fourth-order valence-electron chi connectivity index (χ4n) is 2.16. The number of thiol groups is 1. The maximum Gasteiger partial charge on any atom is 0.325 e. The van der Waals surface area contributed by atoms with Crippen LogP contribution in [0.5, 0.6) is 0 Å². The summed E-state index contributed by atoms with van der Waals surface area (Å²) in [5.74, 6) is -1.55. The van der Waals surface area contributed by atoms with Crippen LogP contribution in [0.4, 0.5) is 0 Å². The summed E-state index contributed by atoms with van der Waals surface area (Å²) in [5, 5.41) is 14.0. The van der Waals surface area contributed by atoms with Gasteiger partial charge in [0.1, 0.15) is 6.54 Å². The van der Waals surface area contributed by atoms with E-state index in [1.165, 1.54) is 6.21 Å². The molecule has 130 valence electrons. The highest BCUT2D eigenvalue weighted by Crippen LogP contribution is 2.18. The summed E-state index contributed by atoms with van der Waals surface area (Å²) in [5.41, 5.74) is 2.96. The second kappa shape index (κ2) is 9.03. The minimum Gasteiger partial charge on any atom is -0.480 e. The molecular formula is C19H20N2O3S. The van der Waals surface area contributed by atoms with Crippen molar-refractivity contribution < 1.29 is 14.7 Å². The molecule has 0 unspecified atom stereocenters. The van der Waals surface area contributed by atoms with E-state index in [4.69, 9.17) is 5.11 Å². The molecule has 0 saturated heterocycles. The molecule has 2 aromatic carbocycles. The minimum absolute atomic E-state index is 0.330. The van der Waals surface area contributed by atoms with Crippen LogP contribution in [-0.2, 0) is 9.59 Å². The lowest BCUT2D eigenvalue weighted by Crippen LogP contribution is -2.35. The topological polar surface area (TPSA) is 70.0 Å². The fraction of sp³-hybridized carbons (Fsp3) is 0.211. The SMILES string of the molecule is C[C@H](CS)C(=O)N(CC(=O)O)/N=C\c1ccc(-c2ccccc2)cc1. The van der Waals surface area contributed by atoms with Gasteiger partial charge in [-0.05, 0) is 16.7 Å². The quantitative estimate of drug-likeness (QED) is 0.455. The van der Waals surface area contributed by atoms with Crippen LogP contribution in [0.15, 0.2) is 59.7 Å². The van der Waals surface area contributed by atoms with Gasteiger partial charge in [-0.15, -0.1) is 0 Å². The zero-order valence-corrected chi connectivity index (χ0v) is 14.8. The zero-order valence-electron chi connectivity index (χ0n) is 13.9. The van der Waals surface area contributed by atoms with Crippen molar-refractivity contribution in [1.82, 2.24) is 5.01 Å². The van der Waals surface area contributed by atoms with Gasteiger partial charge in [0.25, 0.3) is 0 Å². The van der Waals surface area contributed by atoms with Crippen LogP contribution < -0.4 is 0 Å². The molecule has 0 fully saturated rings. The molecule has 0 saturated carbocycles. The van der Waals surface area contributed by atoms with Crippen molar-refractivity contribution >= 4 is 30.7 Å². The van der Waals surface area contributed by atoms with E-state index in [1.807, 2.05) is 54.6 Å². The first-order chi connectivity index (χ1) is 12.0. The first-order valence-electron chi connectivity index (χ1n) is 7.84. The van der Waals surface area contributed by atoms with Crippen molar-refractivity contribution in [2.24, 2.45) is 11.0 Å². The molecule has 0 aliphatic rings. The maximum atomic E-state index is 12.2. The van der Waals surface area contributed by atoms with Crippen LogP contribution in [0.3, 0.4) is 0 Å². The maximum absolute atomic E-state index is 12.2. The largest absolute Gasteiger partial charge is 0.480 e. The highest BCUT2D eigenvalue weighted by atomic mass is 32.1. The van der Waals surface area contributed by atoms with E-state index in [-0.39, 0.29) is 5.91 Å². The van der Waals surface area contributed by atoms with Crippen LogP contribution >= 0.6 is 12.6 Å². The number of benzene rings is 2. The van der Waals surface area contributed by atoms with Gasteiger partial charge in [0, 0.05) is 11.7 Å². The molecule has 0 aliphatic heterocycles. The van der Waals surface area contributed by atoms with Crippen LogP contribution in [0.1, 0.15) is 12.5 Å². The molecule has 0 aromatic heterocycles. The minimum atomic E-state index is -1.11. The zero-order chi connectivity index (χ0) is 18.2. The van der Waals surface area contributed by atoms with E-state index in [2.05, 4.69) is 17.7 Å². The number of amides is 1. The van der Waals surface area contributed by atoms with Gasteiger partial charge in [0.2, 0.25) is 5.91 Å². The number of hydrazone groups is 1. The summed E-state index contributed by atoms with van der Waals surface area (Å²) < 4.78 is 0. The third kappa shape index (κ3) is 5.46. The number of hydrogen-bond donors (Lipinski definition) is 2. The lowest BCUT2D eigenvalue weighted by atomic mass is 10.0. The van der Waals surface area contributed by atoms with Gasteiger partial charge in [-0.1, -0.05) is 61.5 Å². The van der Waals surface area contributed by atoms with Gasteiger partial charge in [-0.2, -0.15) is 17.7 Å². The molecule has 1 amide bonds. The number of aliphatic carboxylic acids is 1. The number of carbonyl (C=O) groups excluding carboxylic acids is 1. The fourth-order valence-corrected chi connectivity index (χ4v) is 2.32. The lowest BCUT2D eigenvalue weighted by molar-refractivity contribution is -0.145. The first-order valence-corrected chi connectivity index (χ1v) is 8.48. The molecule has 25 heavy (non-hydrogen) atoms. The van der Waals surface area contributed by atoms with E-state index in [9.17, 15) is 9.59 Å². The number of carboxylic acids is 1. The van der Waals surface area contributed by atoms with E-state index in [0.29, 0.717) is 5.75 Å². The van der Waals surface area contributed by atoms with Crippen LogP contribution in [-0.4, -0.2) is 40.5 Å². The Balaban J connectivity index is 2.14. The van der Waals surface area contributed by atoms with Gasteiger partial charge >= 0.3 is 5.97 Å². The highest BCUT2D eigenvalue weighted by molar-refractivity contribution is 7.80. The summed E-state index contributed by atoms with van der Waals surface area (Å²) in [7, 11) is 0. The van der Waals surface area contributed by atoms with Crippen molar-refractivity contribution in [1.29, 1.82) is 0 Å². The van der Waals surface area contributed by atoms with Crippen molar-refractivity contribution in [2.75, 3.05) is 12.3 Å². The third-order valence-corrected chi connectivity index (χ3v) is 4.15. The Morgan fingerprint density at radius 2 is 1.72 bits per heavy atom. The number of carboxylic acid groups (broad SMARTS) is 1. The molecule has 0 radical (unpaired) electrons. The Morgan fingerprint density at radius 3 is 2.28 bits per heavy atom. The Hall–Kier alpha value is -2.60. The van der Waals surface area contributed by atoms with E-state index in [1.54, 1.807) is 6.92 Å². The molecule has 5 nitrogen and oxygen atoms in total. The summed E-state index contributed by atoms with van der Waals surface area (Å²) in [4.78, 5) is 23.1.